The van der Waals surface area contributed by atoms with Crippen LogP contribution in [0.3, 0.4) is 0 Å². The number of carbonyl (C=O) groups is 2. The molecule has 0 bridgehead atoms. The van der Waals surface area contributed by atoms with Crippen molar-refractivity contribution >= 4 is 17.6 Å². The average molecular weight is 443 g/mol. The standard InChI is InChI=1S/C27H30N4O2/c1-20-11-13-23(14-12-20)30-26(33)31-24(15-17-27(31,2)21-8-4-3-5-9-21)25(32)29-19-16-22-10-6-7-18-28-22/h3-14,18,24H,15-17,19H2,1-2H3,(H,29,32)(H,30,33)/t24-,27+/m0/s1. The summed E-state index contributed by atoms with van der Waals surface area (Å²) in [7, 11) is 0. The first kappa shape index (κ1) is 22.5. The van der Waals surface area contributed by atoms with Gasteiger partial charge in [-0.25, -0.2) is 4.79 Å². The third kappa shape index (κ3) is 5.06. The lowest BCUT2D eigenvalue weighted by Gasteiger charge is -2.38. The Morgan fingerprint density at radius 3 is 2.45 bits per heavy atom. The number of aromatic nitrogens is 1. The van der Waals surface area contributed by atoms with E-state index in [9.17, 15) is 9.59 Å². The average Bonchev–Trinajstić information content (AvgIpc) is 3.20. The summed E-state index contributed by atoms with van der Waals surface area (Å²) in [4.78, 5) is 32.8. The van der Waals surface area contributed by atoms with Crippen LogP contribution in [0.4, 0.5) is 10.5 Å². The van der Waals surface area contributed by atoms with Crippen LogP contribution in [0.2, 0.25) is 0 Å². The molecule has 6 heteroatoms. The second kappa shape index (κ2) is 9.86. The van der Waals surface area contributed by atoms with Crippen LogP contribution < -0.4 is 10.6 Å². The molecule has 1 aromatic heterocycles. The molecule has 2 N–H and O–H groups in total. The smallest absolute Gasteiger partial charge is 0.323 e. The van der Waals surface area contributed by atoms with Gasteiger partial charge in [-0.15, -0.1) is 0 Å². The molecule has 1 aliphatic rings. The summed E-state index contributed by atoms with van der Waals surface area (Å²) in [6.45, 7) is 4.52. The van der Waals surface area contributed by atoms with Gasteiger partial charge in [-0.2, -0.15) is 0 Å². The molecule has 2 heterocycles. The summed E-state index contributed by atoms with van der Waals surface area (Å²) in [5.74, 6) is -0.135. The fraction of sp³-hybridized carbons (Fsp3) is 0.296. The topological polar surface area (TPSA) is 74.3 Å². The number of rotatable bonds is 6. The van der Waals surface area contributed by atoms with Crippen molar-refractivity contribution in [1.82, 2.24) is 15.2 Å². The number of pyridine rings is 1. The third-order valence-corrected chi connectivity index (χ3v) is 6.37. The van der Waals surface area contributed by atoms with E-state index in [1.807, 2.05) is 86.6 Å². The SMILES string of the molecule is Cc1ccc(NC(=O)N2[C@H](C(=O)NCCc3ccccn3)CC[C@]2(C)c2ccccc2)cc1. The van der Waals surface area contributed by atoms with Crippen molar-refractivity contribution in [2.45, 2.75) is 44.7 Å². The van der Waals surface area contributed by atoms with E-state index in [-0.39, 0.29) is 11.9 Å². The molecule has 0 saturated carbocycles. The maximum atomic E-state index is 13.5. The van der Waals surface area contributed by atoms with Gasteiger partial charge in [0.05, 0.1) is 5.54 Å². The lowest BCUT2D eigenvalue weighted by molar-refractivity contribution is -0.125. The lowest BCUT2D eigenvalue weighted by atomic mass is 9.89. The van der Waals surface area contributed by atoms with E-state index in [0.717, 1.165) is 16.8 Å². The van der Waals surface area contributed by atoms with Gasteiger partial charge in [-0.3, -0.25) is 9.78 Å². The first-order chi connectivity index (χ1) is 16.0. The second-order valence-electron chi connectivity index (χ2n) is 8.72. The Kier molecular flexibility index (Phi) is 6.73. The minimum atomic E-state index is -0.584. The molecule has 3 aromatic rings. The second-order valence-corrected chi connectivity index (χ2v) is 8.72. The van der Waals surface area contributed by atoms with Crippen LogP contribution in [0.1, 0.15) is 36.6 Å². The Morgan fingerprint density at radius 2 is 1.76 bits per heavy atom. The zero-order valence-electron chi connectivity index (χ0n) is 19.1. The molecule has 2 atom stereocenters. The minimum Gasteiger partial charge on any atom is -0.354 e. The summed E-state index contributed by atoms with van der Waals surface area (Å²) < 4.78 is 0. The van der Waals surface area contributed by atoms with Crippen LogP contribution >= 0.6 is 0 Å². The van der Waals surface area contributed by atoms with Gasteiger partial charge in [0.1, 0.15) is 6.04 Å². The highest BCUT2D eigenvalue weighted by Gasteiger charge is 2.49. The zero-order valence-corrected chi connectivity index (χ0v) is 19.1. The molecule has 0 unspecified atom stereocenters. The van der Waals surface area contributed by atoms with Gasteiger partial charge in [-0.05, 0) is 56.5 Å². The summed E-state index contributed by atoms with van der Waals surface area (Å²) in [5, 5.41) is 6.02. The molecule has 0 radical (unpaired) electrons. The van der Waals surface area contributed by atoms with Crippen LogP contribution in [0.25, 0.3) is 0 Å². The number of aryl methyl sites for hydroxylation is 1. The number of hydrogen-bond acceptors (Lipinski definition) is 3. The Balaban J connectivity index is 1.53. The van der Waals surface area contributed by atoms with Gasteiger partial charge in [0, 0.05) is 30.5 Å². The van der Waals surface area contributed by atoms with E-state index in [1.165, 1.54) is 0 Å². The number of nitrogens with one attached hydrogen (secondary N) is 2. The van der Waals surface area contributed by atoms with Crippen molar-refractivity contribution in [1.29, 1.82) is 0 Å². The number of benzene rings is 2. The molecule has 6 nitrogen and oxygen atoms in total. The number of amides is 3. The number of likely N-dealkylation sites (tertiary alicyclic amines) is 1. The molecule has 1 fully saturated rings. The van der Waals surface area contributed by atoms with Crippen LogP contribution in [-0.4, -0.2) is 34.4 Å². The number of hydrogen-bond donors (Lipinski definition) is 2. The lowest BCUT2D eigenvalue weighted by Crippen LogP contribution is -2.54. The maximum Gasteiger partial charge on any atom is 0.323 e. The Morgan fingerprint density at radius 1 is 1.03 bits per heavy atom. The number of carbonyl (C=O) groups excluding carboxylic acids is 2. The van der Waals surface area contributed by atoms with Crippen molar-refractivity contribution < 1.29 is 9.59 Å². The van der Waals surface area contributed by atoms with Gasteiger partial charge >= 0.3 is 6.03 Å². The fourth-order valence-electron chi connectivity index (χ4n) is 4.50. The van der Waals surface area contributed by atoms with Crippen LogP contribution in [-0.2, 0) is 16.8 Å². The van der Waals surface area contributed by atoms with E-state index in [4.69, 9.17) is 0 Å². The summed E-state index contributed by atoms with van der Waals surface area (Å²) in [6.07, 6.45) is 3.69. The Bertz CT molecular complexity index is 1090. The predicted octanol–water partition coefficient (Wildman–Crippen LogP) is 4.66. The molecule has 1 aliphatic heterocycles. The van der Waals surface area contributed by atoms with Crippen LogP contribution in [0.5, 0.6) is 0 Å². The molecule has 170 valence electrons. The van der Waals surface area contributed by atoms with Gasteiger partial charge in [0.25, 0.3) is 0 Å². The summed E-state index contributed by atoms with van der Waals surface area (Å²) >= 11 is 0. The third-order valence-electron chi connectivity index (χ3n) is 6.37. The summed E-state index contributed by atoms with van der Waals surface area (Å²) in [6, 6.07) is 22.5. The number of nitrogens with zero attached hydrogens (tertiary/aromatic N) is 2. The normalized spacial score (nSPS) is 19.8. The number of urea groups is 1. The predicted molar refractivity (Wildman–Crippen MR) is 130 cm³/mol. The van der Waals surface area contributed by atoms with Crippen molar-refractivity contribution in [3.05, 3.63) is 95.8 Å². The van der Waals surface area contributed by atoms with Crippen LogP contribution in [0, 0.1) is 6.92 Å². The maximum absolute atomic E-state index is 13.5. The molecule has 3 amide bonds. The Labute approximate surface area is 195 Å². The largest absolute Gasteiger partial charge is 0.354 e. The van der Waals surface area contributed by atoms with Crippen molar-refractivity contribution in [2.24, 2.45) is 0 Å². The zero-order chi connectivity index (χ0) is 23.3. The van der Waals surface area contributed by atoms with Crippen molar-refractivity contribution in [3.63, 3.8) is 0 Å². The summed E-state index contributed by atoms with van der Waals surface area (Å²) in [5.41, 5.74) is 3.19. The van der Waals surface area contributed by atoms with Crippen molar-refractivity contribution in [3.8, 4) is 0 Å². The molecule has 0 spiro atoms. The quantitative estimate of drug-likeness (QED) is 0.583. The monoisotopic (exact) mass is 442 g/mol. The molecule has 33 heavy (non-hydrogen) atoms. The molecular formula is C27H30N4O2. The highest BCUT2D eigenvalue weighted by Crippen LogP contribution is 2.42. The van der Waals surface area contributed by atoms with E-state index in [2.05, 4.69) is 15.6 Å². The first-order valence-corrected chi connectivity index (χ1v) is 11.4. The van der Waals surface area contributed by atoms with E-state index < -0.39 is 11.6 Å². The molecule has 2 aromatic carbocycles. The minimum absolute atomic E-state index is 0.135. The fourth-order valence-corrected chi connectivity index (χ4v) is 4.50. The Hall–Kier alpha value is -3.67. The van der Waals surface area contributed by atoms with Gasteiger partial charge < -0.3 is 15.5 Å². The van der Waals surface area contributed by atoms with Crippen molar-refractivity contribution in [2.75, 3.05) is 11.9 Å². The highest BCUT2D eigenvalue weighted by molar-refractivity contribution is 5.95. The van der Waals surface area contributed by atoms with E-state index in [1.54, 1.807) is 11.1 Å². The molecule has 1 saturated heterocycles. The van der Waals surface area contributed by atoms with Gasteiger partial charge in [-0.1, -0.05) is 54.1 Å². The molecular weight excluding hydrogens is 412 g/mol. The first-order valence-electron chi connectivity index (χ1n) is 11.4. The number of anilines is 1. The van der Waals surface area contributed by atoms with E-state index >= 15 is 0 Å². The van der Waals surface area contributed by atoms with E-state index in [0.29, 0.717) is 31.5 Å². The van der Waals surface area contributed by atoms with Crippen LogP contribution in [0.15, 0.2) is 79.0 Å². The highest BCUT2D eigenvalue weighted by atomic mass is 16.2. The molecule has 4 rings (SSSR count). The van der Waals surface area contributed by atoms with Gasteiger partial charge in [0.2, 0.25) is 5.91 Å². The van der Waals surface area contributed by atoms with Gasteiger partial charge in [0.15, 0.2) is 0 Å². The molecule has 0 aliphatic carbocycles.